The lowest BCUT2D eigenvalue weighted by Crippen LogP contribution is -2.42. The quantitative estimate of drug-likeness (QED) is 0.251. The van der Waals surface area contributed by atoms with Gasteiger partial charge in [0.25, 0.3) is 0 Å². The Hall–Kier alpha value is -2.63. The van der Waals surface area contributed by atoms with Gasteiger partial charge >= 0.3 is 7.25 Å². The second-order valence-corrected chi connectivity index (χ2v) is 7.55. The van der Waals surface area contributed by atoms with Crippen molar-refractivity contribution < 1.29 is 21.8 Å². The van der Waals surface area contributed by atoms with Crippen molar-refractivity contribution in [3.8, 4) is 22.4 Å². The summed E-state index contributed by atoms with van der Waals surface area (Å²) in [6.07, 6.45) is 5.01. The Bertz CT molecular complexity index is 977. The maximum atomic E-state index is 9.75. The minimum atomic E-state index is -6.00. The van der Waals surface area contributed by atoms with Crippen LogP contribution in [0.1, 0.15) is 36.6 Å². The summed E-state index contributed by atoms with van der Waals surface area (Å²) in [5, 5.41) is 0. The molecule has 0 spiro atoms. The van der Waals surface area contributed by atoms with E-state index in [1.54, 1.807) is 11.3 Å². The van der Waals surface area contributed by atoms with Crippen molar-refractivity contribution in [2.24, 2.45) is 0 Å². The molecule has 0 radical (unpaired) electrons. The highest BCUT2D eigenvalue weighted by atomic mass is 19.5. The molecule has 158 valence electrons. The predicted octanol–water partition coefficient (Wildman–Crippen LogP) is 6.82. The third kappa shape index (κ3) is 5.50. The van der Waals surface area contributed by atoms with Gasteiger partial charge in [0.15, 0.2) is 5.69 Å². The number of halogens is 4. The van der Waals surface area contributed by atoms with E-state index in [1.807, 2.05) is 0 Å². The van der Waals surface area contributed by atoms with Gasteiger partial charge in [0, 0.05) is 23.6 Å². The van der Waals surface area contributed by atoms with E-state index in [-0.39, 0.29) is 0 Å². The highest BCUT2D eigenvalue weighted by molar-refractivity contribution is 6.50. The van der Waals surface area contributed by atoms with Crippen LogP contribution in [0.4, 0.5) is 17.3 Å². The fraction of sp³-hybridized carbons (Fsp3) is 0.292. The lowest BCUT2D eigenvalue weighted by atomic mass is 9.87. The normalized spacial score (nSPS) is 13.3. The van der Waals surface area contributed by atoms with E-state index < -0.39 is 7.25 Å². The molecule has 2 aromatic carbocycles. The third-order valence-electron chi connectivity index (χ3n) is 5.41. The van der Waals surface area contributed by atoms with Gasteiger partial charge in [-0.3, -0.25) is 0 Å². The molecule has 4 rings (SSSR count). The molecule has 0 saturated heterocycles. The summed E-state index contributed by atoms with van der Waals surface area (Å²) in [7, 11) is -6.00. The van der Waals surface area contributed by atoms with Gasteiger partial charge in [-0.1, -0.05) is 48.0 Å². The lowest BCUT2D eigenvalue weighted by molar-refractivity contribution is -0.690. The Morgan fingerprint density at radius 2 is 1.43 bits per heavy atom. The first-order chi connectivity index (χ1) is 14.3. The Morgan fingerprint density at radius 3 is 2.03 bits per heavy atom. The van der Waals surface area contributed by atoms with Gasteiger partial charge in [0.05, 0.1) is 0 Å². The maximum absolute atomic E-state index is 9.75. The molecule has 0 saturated carbocycles. The number of aryl methyl sites for hydroxylation is 1. The zero-order chi connectivity index (χ0) is 21.7. The molecule has 0 N–H and O–H groups in total. The number of aromatic nitrogens is 1. The molecular formula is C24H26BF4N. The van der Waals surface area contributed by atoms with Gasteiger partial charge in [-0.2, -0.15) is 4.57 Å². The molecule has 1 aliphatic carbocycles. The van der Waals surface area contributed by atoms with Gasteiger partial charge in [-0.05, 0) is 56.4 Å². The number of fused-ring (bicyclic) bond motifs is 1. The first-order valence-corrected chi connectivity index (χ1v) is 10.4. The molecule has 1 nitrogen and oxygen atoms in total. The van der Waals surface area contributed by atoms with E-state index in [4.69, 9.17) is 0 Å². The molecule has 1 aromatic heterocycles. The van der Waals surface area contributed by atoms with Crippen LogP contribution in [-0.4, -0.2) is 7.25 Å². The summed E-state index contributed by atoms with van der Waals surface area (Å²) < 4.78 is 41.5. The van der Waals surface area contributed by atoms with E-state index in [0.29, 0.717) is 0 Å². The van der Waals surface area contributed by atoms with Crippen molar-refractivity contribution >= 4 is 7.25 Å². The van der Waals surface area contributed by atoms with Crippen LogP contribution in [0.15, 0.2) is 60.7 Å². The molecule has 30 heavy (non-hydrogen) atoms. The zero-order valence-electron chi connectivity index (χ0n) is 17.3. The van der Waals surface area contributed by atoms with Crippen LogP contribution < -0.4 is 4.57 Å². The van der Waals surface area contributed by atoms with Crippen molar-refractivity contribution in [3.05, 3.63) is 77.5 Å². The van der Waals surface area contributed by atoms with Gasteiger partial charge in [-0.25, -0.2) is 0 Å². The topological polar surface area (TPSA) is 3.88 Å². The summed E-state index contributed by atoms with van der Waals surface area (Å²) in [6, 6.07) is 22.3. The van der Waals surface area contributed by atoms with Crippen LogP contribution in [0, 0.1) is 6.92 Å². The summed E-state index contributed by atoms with van der Waals surface area (Å²) >= 11 is 0. The van der Waals surface area contributed by atoms with E-state index >= 15 is 0 Å². The number of hydrogen-bond donors (Lipinski definition) is 0. The van der Waals surface area contributed by atoms with E-state index in [0.717, 1.165) is 6.54 Å². The van der Waals surface area contributed by atoms with Gasteiger partial charge in [0.1, 0.15) is 6.54 Å². The fourth-order valence-corrected chi connectivity index (χ4v) is 4.12. The summed E-state index contributed by atoms with van der Waals surface area (Å²) in [5.41, 5.74) is 9.87. The predicted molar refractivity (Wildman–Crippen MR) is 115 cm³/mol. The smallest absolute Gasteiger partial charge is 0.418 e. The summed E-state index contributed by atoms with van der Waals surface area (Å²) in [4.78, 5) is 0. The van der Waals surface area contributed by atoms with Crippen molar-refractivity contribution in [1.82, 2.24) is 0 Å². The zero-order valence-corrected chi connectivity index (χ0v) is 17.3. The average molecular weight is 415 g/mol. The monoisotopic (exact) mass is 415 g/mol. The Kier molecular flexibility index (Phi) is 6.96. The number of nitrogens with zero attached hydrogens (tertiary/aromatic N) is 1. The molecular weight excluding hydrogens is 389 g/mol. The third-order valence-corrected chi connectivity index (χ3v) is 5.41. The molecule has 0 aliphatic heterocycles. The van der Waals surface area contributed by atoms with Gasteiger partial charge in [0.2, 0.25) is 5.69 Å². The SMILES string of the molecule is CC[n+]1c(-c2ccccc2)cc(-c2ccc(C)cc2)c2c1CCCC2.F[B-](F)(F)F. The molecule has 1 heterocycles. The number of pyridine rings is 1. The maximum Gasteiger partial charge on any atom is 0.673 e. The van der Waals surface area contributed by atoms with Crippen molar-refractivity contribution in [2.75, 3.05) is 0 Å². The molecule has 0 atom stereocenters. The van der Waals surface area contributed by atoms with E-state index in [9.17, 15) is 17.3 Å². The van der Waals surface area contributed by atoms with Crippen molar-refractivity contribution in [1.29, 1.82) is 0 Å². The van der Waals surface area contributed by atoms with E-state index in [1.165, 1.54) is 53.6 Å². The lowest BCUT2D eigenvalue weighted by Gasteiger charge is -2.20. The van der Waals surface area contributed by atoms with Crippen LogP contribution in [0.25, 0.3) is 22.4 Å². The average Bonchev–Trinajstić information content (AvgIpc) is 2.72. The molecule has 0 fully saturated rings. The number of rotatable bonds is 3. The van der Waals surface area contributed by atoms with Crippen molar-refractivity contribution in [3.63, 3.8) is 0 Å². The molecule has 0 amide bonds. The Morgan fingerprint density at radius 1 is 0.833 bits per heavy atom. The van der Waals surface area contributed by atoms with Gasteiger partial charge in [-0.15, -0.1) is 0 Å². The Labute approximate surface area is 175 Å². The van der Waals surface area contributed by atoms with Crippen LogP contribution in [0.2, 0.25) is 0 Å². The van der Waals surface area contributed by atoms with Crippen LogP contribution >= 0.6 is 0 Å². The van der Waals surface area contributed by atoms with Crippen LogP contribution in [0.3, 0.4) is 0 Å². The first kappa shape index (κ1) is 22.1. The standard InChI is InChI=1S/C24H26N.BF4/c1-3-25-23-12-8-7-11-21(23)22(19-15-13-18(2)14-16-19)17-24(25)20-9-5-4-6-10-20;2-1(3,4)5/h4-6,9-10,13-17H,3,7-8,11-12H2,1-2H3;/q+1;-1. The van der Waals surface area contributed by atoms with Gasteiger partial charge < -0.3 is 17.3 Å². The number of hydrogen-bond acceptors (Lipinski definition) is 0. The fourth-order valence-electron chi connectivity index (χ4n) is 4.12. The number of benzene rings is 2. The molecule has 3 aromatic rings. The van der Waals surface area contributed by atoms with Crippen LogP contribution in [-0.2, 0) is 19.4 Å². The summed E-state index contributed by atoms with van der Waals surface area (Å²) in [6.45, 7) is 5.46. The van der Waals surface area contributed by atoms with Crippen molar-refractivity contribution in [2.45, 2.75) is 46.1 Å². The molecule has 0 bridgehead atoms. The molecule has 1 aliphatic rings. The van der Waals surface area contributed by atoms with E-state index in [2.05, 4.69) is 79.1 Å². The summed E-state index contributed by atoms with van der Waals surface area (Å²) in [5.74, 6) is 0. The minimum Gasteiger partial charge on any atom is -0.418 e. The molecule has 0 unspecified atom stereocenters. The largest absolute Gasteiger partial charge is 0.673 e. The second kappa shape index (κ2) is 9.46. The Balaban J connectivity index is 0.000000461. The second-order valence-electron chi connectivity index (χ2n) is 7.55. The van der Waals surface area contributed by atoms with Crippen LogP contribution in [0.5, 0.6) is 0 Å². The minimum absolute atomic E-state index is 1.03. The first-order valence-electron chi connectivity index (χ1n) is 10.4. The molecule has 6 heteroatoms. The highest BCUT2D eigenvalue weighted by Gasteiger charge is 2.27. The highest BCUT2D eigenvalue weighted by Crippen LogP contribution is 2.33.